The van der Waals surface area contributed by atoms with Crippen molar-refractivity contribution < 1.29 is 14.7 Å². The molecule has 138 valence electrons. The molecule has 1 aromatic carbocycles. The molecule has 2 atom stereocenters. The number of aliphatic carboxylic acids is 1. The van der Waals surface area contributed by atoms with Gasteiger partial charge in [0.1, 0.15) is 0 Å². The first-order valence-corrected chi connectivity index (χ1v) is 9.34. The SMILES string of the molecule is CC(CCCCC(=O)O)C1CCC(=O)N1c1ccc(C(C)(C)C)cc1. The molecule has 1 aromatic rings. The zero-order valence-corrected chi connectivity index (χ0v) is 15.9. The van der Waals surface area contributed by atoms with Gasteiger partial charge in [-0.3, -0.25) is 9.59 Å². The Balaban J connectivity index is 2.04. The Kier molecular flexibility index (Phi) is 6.26. The third kappa shape index (κ3) is 5.07. The zero-order valence-electron chi connectivity index (χ0n) is 15.9. The molecule has 1 N–H and O–H groups in total. The van der Waals surface area contributed by atoms with E-state index < -0.39 is 5.97 Å². The van der Waals surface area contributed by atoms with Crippen LogP contribution in [0.25, 0.3) is 0 Å². The monoisotopic (exact) mass is 345 g/mol. The van der Waals surface area contributed by atoms with Crippen LogP contribution in [0.3, 0.4) is 0 Å². The average molecular weight is 345 g/mol. The van der Waals surface area contributed by atoms with Crippen LogP contribution >= 0.6 is 0 Å². The van der Waals surface area contributed by atoms with Crippen molar-refractivity contribution in [1.82, 2.24) is 0 Å². The van der Waals surface area contributed by atoms with Crippen molar-refractivity contribution in [2.75, 3.05) is 4.90 Å². The molecule has 1 fully saturated rings. The summed E-state index contributed by atoms with van der Waals surface area (Å²) in [6.45, 7) is 8.74. The summed E-state index contributed by atoms with van der Waals surface area (Å²) >= 11 is 0. The first-order chi connectivity index (χ1) is 11.7. The lowest BCUT2D eigenvalue weighted by molar-refractivity contribution is -0.137. The van der Waals surface area contributed by atoms with E-state index >= 15 is 0 Å². The van der Waals surface area contributed by atoms with Crippen molar-refractivity contribution in [3.05, 3.63) is 29.8 Å². The predicted octanol–water partition coefficient (Wildman–Crippen LogP) is 4.76. The molecule has 0 bridgehead atoms. The number of carbonyl (C=O) groups is 2. The summed E-state index contributed by atoms with van der Waals surface area (Å²) < 4.78 is 0. The fourth-order valence-corrected chi connectivity index (χ4v) is 3.64. The average Bonchev–Trinajstić information content (AvgIpc) is 2.92. The van der Waals surface area contributed by atoms with Crippen molar-refractivity contribution in [3.63, 3.8) is 0 Å². The molecule has 1 aliphatic heterocycles. The fraction of sp³-hybridized carbons (Fsp3) is 0.619. The third-order valence-electron chi connectivity index (χ3n) is 5.22. The van der Waals surface area contributed by atoms with Crippen molar-refractivity contribution in [3.8, 4) is 0 Å². The Labute approximate surface area is 151 Å². The van der Waals surface area contributed by atoms with Crippen molar-refractivity contribution in [2.24, 2.45) is 5.92 Å². The highest BCUT2D eigenvalue weighted by Crippen LogP contribution is 2.34. The number of amides is 1. The van der Waals surface area contributed by atoms with E-state index in [2.05, 4.69) is 52.0 Å². The molecule has 1 amide bonds. The van der Waals surface area contributed by atoms with E-state index in [0.29, 0.717) is 18.8 Å². The van der Waals surface area contributed by atoms with Crippen LogP contribution in [0.5, 0.6) is 0 Å². The molecule has 2 unspecified atom stereocenters. The quantitative estimate of drug-likeness (QED) is 0.725. The summed E-state index contributed by atoms with van der Waals surface area (Å²) in [6, 6.07) is 8.59. The van der Waals surface area contributed by atoms with Gasteiger partial charge in [0.15, 0.2) is 0 Å². The highest BCUT2D eigenvalue weighted by molar-refractivity contribution is 5.96. The maximum absolute atomic E-state index is 12.4. The molecule has 0 aromatic heterocycles. The van der Waals surface area contributed by atoms with Crippen LogP contribution in [0, 0.1) is 5.92 Å². The molecule has 0 saturated carbocycles. The van der Waals surface area contributed by atoms with E-state index in [1.165, 1.54) is 5.56 Å². The first kappa shape index (κ1) is 19.5. The van der Waals surface area contributed by atoms with Crippen LogP contribution in [0.1, 0.15) is 71.8 Å². The number of nitrogens with zero attached hydrogens (tertiary/aromatic N) is 1. The summed E-state index contributed by atoms with van der Waals surface area (Å²) in [5, 5.41) is 8.74. The second kappa shape index (κ2) is 8.03. The van der Waals surface area contributed by atoms with Crippen molar-refractivity contribution in [2.45, 2.75) is 77.7 Å². The Morgan fingerprint density at radius 3 is 2.44 bits per heavy atom. The highest BCUT2D eigenvalue weighted by Gasteiger charge is 2.35. The van der Waals surface area contributed by atoms with Gasteiger partial charge in [0.25, 0.3) is 0 Å². The first-order valence-electron chi connectivity index (χ1n) is 9.34. The topological polar surface area (TPSA) is 57.6 Å². The van der Waals surface area contributed by atoms with Gasteiger partial charge in [-0.1, -0.05) is 46.2 Å². The summed E-state index contributed by atoms with van der Waals surface area (Å²) in [5.74, 6) is -0.155. The number of anilines is 1. The van der Waals surface area contributed by atoms with E-state index in [1.54, 1.807) is 0 Å². The van der Waals surface area contributed by atoms with E-state index in [4.69, 9.17) is 5.11 Å². The van der Waals surface area contributed by atoms with Crippen LogP contribution in [0.15, 0.2) is 24.3 Å². The second-order valence-electron chi connectivity index (χ2n) is 8.28. The summed E-state index contributed by atoms with van der Waals surface area (Å²) in [7, 11) is 0. The standard InChI is InChI=1S/C21H31NO3/c1-15(7-5-6-8-20(24)25)18-13-14-19(23)22(18)17-11-9-16(10-12-17)21(2,3)4/h9-12,15,18H,5-8,13-14H2,1-4H3,(H,24,25). The highest BCUT2D eigenvalue weighted by atomic mass is 16.4. The van der Waals surface area contributed by atoms with Crippen molar-refractivity contribution >= 4 is 17.6 Å². The van der Waals surface area contributed by atoms with Crippen LogP contribution in [0.2, 0.25) is 0 Å². The van der Waals surface area contributed by atoms with Crippen molar-refractivity contribution in [1.29, 1.82) is 0 Å². The van der Waals surface area contributed by atoms with E-state index in [9.17, 15) is 9.59 Å². The zero-order chi connectivity index (χ0) is 18.6. The maximum atomic E-state index is 12.4. The molecule has 1 heterocycles. The van der Waals surface area contributed by atoms with Gasteiger partial charge in [-0.2, -0.15) is 0 Å². The molecule has 0 radical (unpaired) electrons. The van der Waals surface area contributed by atoms with Gasteiger partial charge < -0.3 is 10.0 Å². The Morgan fingerprint density at radius 1 is 1.24 bits per heavy atom. The number of hydrogen-bond acceptors (Lipinski definition) is 2. The van der Waals surface area contributed by atoms with Gasteiger partial charge >= 0.3 is 5.97 Å². The van der Waals surface area contributed by atoms with Gasteiger partial charge in [0.05, 0.1) is 0 Å². The molecule has 0 spiro atoms. The summed E-state index contributed by atoms with van der Waals surface area (Å²) in [4.78, 5) is 25.0. The number of carboxylic acid groups (broad SMARTS) is 1. The van der Waals surface area contributed by atoms with Gasteiger partial charge in [-0.05, 0) is 48.3 Å². The van der Waals surface area contributed by atoms with Gasteiger partial charge in [-0.25, -0.2) is 0 Å². The molecular weight excluding hydrogens is 314 g/mol. The number of benzene rings is 1. The van der Waals surface area contributed by atoms with Gasteiger partial charge in [0, 0.05) is 24.6 Å². The molecule has 1 saturated heterocycles. The summed E-state index contributed by atoms with van der Waals surface area (Å²) in [5.41, 5.74) is 2.35. The number of rotatable bonds is 7. The molecule has 4 nitrogen and oxygen atoms in total. The minimum Gasteiger partial charge on any atom is -0.481 e. The molecule has 25 heavy (non-hydrogen) atoms. The largest absolute Gasteiger partial charge is 0.481 e. The lowest BCUT2D eigenvalue weighted by Crippen LogP contribution is -2.37. The Morgan fingerprint density at radius 2 is 1.88 bits per heavy atom. The molecule has 2 rings (SSSR count). The summed E-state index contributed by atoms with van der Waals surface area (Å²) in [6.07, 6.45) is 4.29. The van der Waals surface area contributed by atoms with E-state index in [-0.39, 0.29) is 23.8 Å². The smallest absolute Gasteiger partial charge is 0.303 e. The van der Waals surface area contributed by atoms with Crippen LogP contribution in [0.4, 0.5) is 5.69 Å². The van der Waals surface area contributed by atoms with E-state index in [0.717, 1.165) is 24.9 Å². The second-order valence-corrected chi connectivity index (χ2v) is 8.28. The lowest BCUT2D eigenvalue weighted by atomic mass is 9.87. The molecule has 0 aliphatic carbocycles. The maximum Gasteiger partial charge on any atom is 0.303 e. The lowest BCUT2D eigenvalue weighted by Gasteiger charge is -2.30. The third-order valence-corrected chi connectivity index (χ3v) is 5.22. The molecule has 4 heteroatoms. The number of carboxylic acids is 1. The number of carbonyl (C=O) groups excluding carboxylic acids is 1. The van der Waals surface area contributed by atoms with E-state index in [1.807, 2.05) is 4.90 Å². The Hall–Kier alpha value is -1.84. The Bertz CT molecular complexity index is 601. The normalized spacial score (nSPS) is 19.3. The minimum atomic E-state index is -0.732. The minimum absolute atomic E-state index is 0.102. The molecular formula is C21H31NO3. The van der Waals surface area contributed by atoms with Crippen LogP contribution in [-0.4, -0.2) is 23.0 Å². The van der Waals surface area contributed by atoms with Crippen LogP contribution < -0.4 is 4.90 Å². The van der Waals surface area contributed by atoms with Gasteiger partial charge in [0.2, 0.25) is 5.91 Å². The predicted molar refractivity (Wildman–Crippen MR) is 101 cm³/mol. The number of unbranched alkanes of at least 4 members (excludes halogenated alkanes) is 1. The fourth-order valence-electron chi connectivity index (χ4n) is 3.64. The number of hydrogen-bond donors (Lipinski definition) is 1. The molecule has 1 aliphatic rings. The van der Waals surface area contributed by atoms with Crippen LogP contribution in [-0.2, 0) is 15.0 Å². The van der Waals surface area contributed by atoms with Gasteiger partial charge in [-0.15, -0.1) is 0 Å².